The molecule has 0 bridgehead atoms. The third kappa shape index (κ3) is 4.52. The maximum absolute atomic E-state index is 11.9. The number of hydrogen-bond donors (Lipinski definition) is 3. The van der Waals surface area contributed by atoms with Crippen LogP contribution in [0.1, 0.15) is 19.3 Å². The summed E-state index contributed by atoms with van der Waals surface area (Å²) in [7, 11) is -3.66. The number of rotatable bonds is 6. The van der Waals surface area contributed by atoms with Gasteiger partial charge in [0.05, 0.1) is 17.5 Å². The van der Waals surface area contributed by atoms with Gasteiger partial charge < -0.3 is 10.4 Å². The van der Waals surface area contributed by atoms with Crippen molar-refractivity contribution in [2.24, 2.45) is 5.92 Å². The van der Waals surface area contributed by atoms with Crippen LogP contribution in [-0.2, 0) is 14.8 Å². The molecule has 0 aliphatic heterocycles. The Bertz CT molecular complexity index is 574. The first-order valence-corrected chi connectivity index (χ1v) is 8.47. The lowest BCUT2D eigenvalue weighted by Gasteiger charge is -2.15. The van der Waals surface area contributed by atoms with Crippen LogP contribution in [0.5, 0.6) is 0 Å². The zero-order chi connectivity index (χ0) is 15.3. The van der Waals surface area contributed by atoms with Crippen LogP contribution < -0.4 is 10.0 Å². The number of amides is 1. The number of carbonyl (C=O) groups excluding carboxylic acids is 1. The molecule has 7 heteroatoms. The SMILES string of the molecule is O=C(CNS(=O)(=O)c1ccccc1)NCC1CCCC1O. The van der Waals surface area contributed by atoms with E-state index in [0.29, 0.717) is 6.54 Å². The Morgan fingerprint density at radius 1 is 1.24 bits per heavy atom. The summed E-state index contributed by atoms with van der Waals surface area (Å²) < 4.78 is 26.1. The van der Waals surface area contributed by atoms with Gasteiger partial charge in [0.15, 0.2) is 0 Å². The lowest BCUT2D eigenvalue weighted by Crippen LogP contribution is -2.39. The normalized spacial score (nSPS) is 22.1. The predicted octanol–water partition coefficient (Wildman–Crippen LogP) is 0.242. The van der Waals surface area contributed by atoms with Gasteiger partial charge in [-0.25, -0.2) is 13.1 Å². The molecule has 2 rings (SSSR count). The minimum atomic E-state index is -3.66. The minimum Gasteiger partial charge on any atom is -0.393 e. The summed E-state index contributed by atoms with van der Waals surface area (Å²) in [6, 6.07) is 7.90. The summed E-state index contributed by atoms with van der Waals surface area (Å²) in [5.74, 6) is -0.326. The minimum absolute atomic E-state index is 0.0691. The van der Waals surface area contributed by atoms with E-state index in [1.54, 1.807) is 18.2 Å². The van der Waals surface area contributed by atoms with E-state index in [-0.39, 0.29) is 23.5 Å². The Morgan fingerprint density at radius 3 is 2.57 bits per heavy atom. The van der Waals surface area contributed by atoms with E-state index in [4.69, 9.17) is 0 Å². The molecule has 2 atom stereocenters. The maximum Gasteiger partial charge on any atom is 0.241 e. The van der Waals surface area contributed by atoms with Crippen molar-refractivity contribution in [3.05, 3.63) is 30.3 Å². The molecule has 6 nitrogen and oxygen atoms in total. The molecule has 1 aromatic rings. The number of hydrogen-bond acceptors (Lipinski definition) is 4. The molecule has 3 N–H and O–H groups in total. The van der Waals surface area contributed by atoms with E-state index in [0.717, 1.165) is 19.3 Å². The largest absolute Gasteiger partial charge is 0.393 e. The molecular formula is C14H20N2O4S. The van der Waals surface area contributed by atoms with Gasteiger partial charge in [-0.05, 0) is 25.0 Å². The first-order chi connectivity index (χ1) is 9.99. The van der Waals surface area contributed by atoms with E-state index >= 15 is 0 Å². The lowest BCUT2D eigenvalue weighted by molar-refractivity contribution is -0.120. The molecule has 1 saturated carbocycles. The molecule has 0 heterocycles. The Hall–Kier alpha value is -1.44. The van der Waals surface area contributed by atoms with Crippen LogP contribution in [0.4, 0.5) is 0 Å². The van der Waals surface area contributed by atoms with Crippen molar-refractivity contribution in [2.75, 3.05) is 13.1 Å². The zero-order valence-electron chi connectivity index (χ0n) is 11.7. The van der Waals surface area contributed by atoms with Crippen LogP contribution in [0.25, 0.3) is 0 Å². The van der Waals surface area contributed by atoms with Crippen LogP contribution in [0.2, 0.25) is 0 Å². The maximum atomic E-state index is 11.9. The summed E-state index contributed by atoms with van der Waals surface area (Å²) in [6.07, 6.45) is 2.24. The Labute approximate surface area is 124 Å². The van der Waals surface area contributed by atoms with Gasteiger partial charge in [-0.1, -0.05) is 24.6 Å². The standard InChI is InChI=1S/C14H20N2O4S/c17-13-8-4-5-11(13)9-15-14(18)10-16-21(19,20)12-6-2-1-3-7-12/h1-3,6-7,11,13,16-17H,4-5,8-10H2,(H,15,18). The van der Waals surface area contributed by atoms with Crippen molar-refractivity contribution in [3.8, 4) is 0 Å². The molecule has 21 heavy (non-hydrogen) atoms. The third-order valence-electron chi connectivity index (χ3n) is 3.66. The van der Waals surface area contributed by atoms with Gasteiger partial charge in [0.1, 0.15) is 0 Å². The average molecular weight is 312 g/mol. The van der Waals surface area contributed by atoms with Crippen LogP contribution >= 0.6 is 0 Å². The monoisotopic (exact) mass is 312 g/mol. The molecule has 1 aliphatic carbocycles. The summed E-state index contributed by atoms with van der Waals surface area (Å²) in [5, 5.41) is 12.3. The van der Waals surface area contributed by atoms with Crippen LogP contribution in [-0.4, -0.2) is 38.6 Å². The van der Waals surface area contributed by atoms with Gasteiger partial charge in [-0.3, -0.25) is 4.79 Å². The highest BCUT2D eigenvalue weighted by molar-refractivity contribution is 7.89. The molecule has 0 aromatic heterocycles. The molecule has 0 saturated heterocycles. The van der Waals surface area contributed by atoms with Crippen LogP contribution in [0.3, 0.4) is 0 Å². The smallest absolute Gasteiger partial charge is 0.241 e. The number of aliphatic hydroxyl groups excluding tert-OH is 1. The molecule has 1 amide bonds. The van der Waals surface area contributed by atoms with Gasteiger partial charge in [0, 0.05) is 12.5 Å². The number of sulfonamides is 1. The molecule has 0 radical (unpaired) electrons. The summed E-state index contributed by atoms with van der Waals surface area (Å²) in [4.78, 5) is 11.8. The van der Waals surface area contributed by atoms with E-state index in [1.807, 2.05) is 0 Å². The van der Waals surface area contributed by atoms with Gasteiger partial charge in [0.2, 0.25) is 15.9 Å². The Kier molecular flexibility index (Phi) is 5.33. The topological polar surface area (TPSA) is 95.5 Å². The van der Waals surface area contributed by atoms with Gasteiger partial charge in [0.25, 0.3) is 0 Å². The van der Waals surface area contributed by atoms with E-state index in [9.17, 15) is 18.3 Å². The van der Waals surface area contributed by atoms with Crippen LogP contribution in [0.15, 0.2) is 35.2 Å². The highest BCUT2D eigenvalue weighted by Gasteiger charge is 2.25. The molecule has 0 spiro atoms. The highest BCUT2D eigenvalue weighted by atomic mass is 32.2. The van der Waals surface area contributed by atoms with Gasteiger partial charge >= 0.3 is 0 Å². The van der Waals surface area contributed by atoms with Gasteiger partial charge in [-0.15, -0.1) is 0 Å². The van der Waals surface area contributed by atoms with Crippen molar-refractivity contribution in [3.63, 3.8) is 0 Å². The Balaban J connectivity index is 1.78. The Morgan fingerprint density at radius 2 is 1.95 bits per heavy atom. The molecule has 2 unspecified atom stereocenters. The van der Waals surface area contributed by atoms with Crippen molar-refractivity contribution < 1.29 is 18.3 Å². The second-order valence-electron chi connectivity index (χ2n) is 5.20. The van der Waals surface area contributed by atoms with Crippen molar-refractivity contribution >= 4 is 15.9 Å². The molecule has 1 aromatic carbocycles. The molecule has 116 valence electrons. The summed E-state index contributed by atoms with van der Waals surface area (Å²) in [5.41, 5.74) is 0. The first kappa shape index (κ1) is 15.9. The number of benzene rings is 1. The van der Waals surface area contributed by atoms with E-state index in [2.05, 4.69) is 10.0 Å². The van der Waals surface area contributed by atoms with Crippen LogP contribution in [0, 0.1) is 5.92 Å². The molecule has 1 fully saturated rings. The fraction of sp³-hybridized carbons (Fsp3) is 0.500. The number of carbonyl (C=O) groups is 1. The predicted molar refractivity (Wildman–Crippen MR) is 78.0 cm³/mol. The average Bonchev–Trinajstić information content (AvgIpc) is 2.89. The zero-order valence-corrected chi connectivity index (χ0v) is 12.5. The second kappa shape index (κ2) is 7.02. The molecular weight excluding hydrogens is 292 g/mol. The molecule has 1 aliphatic rings. The van der Waals surface area contributed by atoms with E-state index < -0.39 is 15.9 Å². The van der Waals surface area contributed by atoms with Gasteiger partial charge in [-0.2, -0.15) is 0 Å². The van der Waals surface area contributed by atoms with Crippen molar-refractivity contribution in [1.82, 2.24) is 10.0 Å². The fourth-order valence-corrected chi connectivity index (χ4v) is 3.41. The lowest BCUT2D eigenvalue weighted by atomic mass is 10.1. The number of nitrogens with one attached hydrogen (secondary N) is 2. The summed E-state index contributed by atoms with van der Waals surface area (Å²) in [6.45, 7) is 0.0765. The third-order valence-corrected chi connectivity index (χ3v) is 5.07. The summed E-state index contributed by atoms with van der Waals surface area (Å²) >= 11 is 0. The van der Waals surface area contributed by atoms with E-state index in [1.165, 1.54) is 12.1 Å². The first-order valence-electron chi connectivity index (χ1n) is 6.98. The fourth-order valence-electron chi connectivity index (χ4n) is 2.41. The number of aliphatic hydroxyl groups is 1. The highest BCUT2D eigenvalue weighted by Crippen LogP contribution is 2.24. The second-order valence-corrected chi connectivity index (χ2v) is 6.97. The van der Waals surface area contributed by atoms with Crippen molar-refractivity contribution in [1.29, 1.82) is 0 Å². The van der Waals surface area contributed by atoms with Crippen molar-refractivity contribution in [2.45, 2.75) is 30.3 Å². The quantitative estimate of drug-likeness (QED) is 0.701.